The molecule has 2 heterocycles. The minimum atomic E-state index is -0.268. The number of morpholine rings is 1. The van der Waals surface area contributed by atoms with Gasteiger partial charge < -0.3 is 15.4 Å². The Morgan fingerprint density at radius 3 is 2.79 bits per heavy atom. The number of ether oxygens (including phenoxy) is 1. The van der Waals surface area contributed by atoms with Crippen LogP contribution in [0, 0.1) is 5.82 Å². The first kappa shape index (κ1) is 20.2. The molecule has 0 spiro atoms. The number of amides is 2. The van der Waals surface area contributed by atoms with Crippen molar-refractivity contribution in [2.75, 3.05) is 32.1 Å². The van der Waals surface area contributed by atoms with Crippen molar-refractivity contribution in [2.45, 2.75) is 30.4 Å². The Morgan fingerprint density at radius 1 is 1.17 bits per heavy atom. The average molecular weight is 416 g/mol. The van der Waals surface area contributed by atoms with Gasteiger partial charge >= 0.3 is 6.03 Å². The lowest BCUT2D eigenvalue weighted by atomic mass is 10.0. The fraction of sp³-hybridized carbons (Fsp3) is 0.409. The molecule has 2 amide bonds. The standard InChI is InChI=1S/C22H26FN3O2S/c23-18-5-6-21-19(13-18)20(7-12-29-21)25-22(27)24-14-16-3-1-2-4-17(16)15-26-8-10-28-11-9-26/h1-6,13,20H,7-12,14-15H2,(H2,24,25,27)/t20-/m1/s1. The summed E-state index contributed by atoms with van der Waals surface area (Å²) in [6, 6.07) is 12.6. The number of carbonyl (C=O) groups excluding carboxylic acids is 1. The maximum absolute atomic E-state index is 13.7. The molecule has 4 rings (SSSR count). The van der Waals surface area contributed by atoms with Gasteiger partial charge in [0, 0.05) is 36.8 Å². The molecule has 2 aliphatic heterocycles. The minimum absolute atomic E-state index is 0.162. The monoisotopic (exact) mass is 415 g/mol. The average Bonchev–Trinajstić information content (AvgIpc) is 2.74. The van der Waals surface area contributed by atoms with E-state index in [4.69, 9.17) is 4.74 Å². The summed E-state index contributed by atoms with van der Waals surface area (Å²) < 4.78 is 19.1. The predicted molar refractivity (Wildman–Crippen MR) is 112 cm³/mol. The zero-order valence-corrected chi connectivity index (χ0v) is 17.1. The molecule has 0 saturated carbocycles. The highest BCUT2D eigenvalue weighted by molar-refractivity contribution is 7.99. The van der Waals surface area contributed by atoms with E-state index in [1.54, 1.807) is 17.8 Å². The van der Waals surface area contributed by atoms with Crippen LogP contribution in [0.3, 0.4) is 0 Å². The molecule has 154 valence electrons. The van der Waals surface area contributed by atoms with Gasteiger partial charge in [-0.2, -0.15) is 0 Å². The summed E-state index contributed by atoms with van der Waals surface area (Å²) >= 11 is 1.70. The molecule has 2 aromatic rings. The molecular weight excluding hydrogens is 389 g/mol. The van der Waals surface area contributed by atoms with E-state index in [2.05, 4.69) is 27.7 Å². The molecular formula is C22H26FN3O2S. The third kappa shape index (κ3) is 5.29. The Labute approximate surface area is 175 Å². The molecule has 0 aromatic heterocycles. The first-order valence-electron chi connectivity index (χ1n) is 10.0. The molecule has 2 aromatic carbocycles. The highest BCUT2D eigenvalue weighted by Gasteiger charge is 2.23. The second kappa shape index (κ2) is 9.61. The molecule has 0 unspecified atom stereocenters. The number of halogens is 1. The zero-order valence-electron chi connectivity index (χ0n) is 16.3. The van der Waals surface area contributed by atoms with E-state index in [-0.39, 0.29) is 17.9 Å². The molecule has 0 radical (unpaired) electrons. The predicted octanol–water partition coefficient (Wildman–Crippen LogP) is 3.69. The Hall–Kier alpha value is -2.09. The molecule has 0 aliphatic carbocycles. The fourth-order valence-corrected chi connectivity index (χ4v) is 4.89. The second-order valence-corrected chi connectivity index (χ2v) is 8.49. The van der Waals surface area contributed by atoms with Crippen molar-refractivity contribution in [3.63, 3.8) is 0 Å². The van der Waals surface area contributed by atoms with Crippen LogP contribution in [0.2, 0.25) is 0 Å². The summed E-state index contributed by atoms with van der Waals surface area (Å²) in [4.78, 5) is 15.9. The number of hydrogen-bond donors (Lipinski definition) is 2. The maximum atomic E-state index is 13.7. The number of nitrogens with one attached hydrogen (secondary N) is 2. The van der Waals surface area contributed by atoms with Crippen molar-refractivity contribution < 1.29 is 13.9 Å². The van der Waals surface area contributed by atoms with Gasteiger partial charge in [0.15, 0.2) is 0 Å². The van der Waals surface area contributed by atoms with Crippen LogP contribution in [0.15, 0.2) is 47.4 Å². The Bertz CT molecular complexity index is 858. The second-order valence-electron chi connectivity index (χ2n) is 7.36. The quantitative estimate of drug-likeness (QED) is 0.782. The lowest BCUT2D eigenvalue weighted by Gasteiger charge is -2.28. The summed E-state index contributed by atoms with van der Waals surface area (Å²) in [5.41, 5.74) is 3.19. The molecule has 2 aliphatic rings. The van der Waals surface area contributed by atoms with E-state index >= 15 is 0 Å². The lowest BCUT2D eigenvalue weighted by Crippen LogP contribution is -2.39. The molecule has 1 atom stereocenters. The van der Waals surface area contributed by atoms with Crippen molar-refractivity contribution >= 4 is 17.8 Å². The van der Waals surface area contributed by atoms with Gasteiger partial charge in [-0.05, 0) is 41.3 Å². The van der Waals surface area contributed by atoms with E-state index in [9.17, 15) is 9.18 Å². The summed E-state index contributed by atoms with van der Waals surface area (Å²) in [7, 11) is 0. The number of rotatable bonds is 5. The van der Waals surface area contributed by atoms with E-state index in [0.29, 0.717) is 6.54 Å². The van der Waals surface area contributed by atoms with Gasteiger partial charge in [0.2, 0.25) is 0 Å². The van der Waals surface area contributed by atoms with E-state index in [0.717, 1.165) is 61.0 Å². The van der Waals surface area contributed by atoms with Crippen molar-refractivity contribution in [1.82, 2.24) is 15.5 Å². The third-order valence-electron chi connectivity index (χ3n) is 5.37. The SMILES string of the molecule is O=C(NCc1ccccc1CN1CCOCC1)N[C@@H]1CCSc2ccc(F)cc21. The van der Waals surface area contributed by atoms with Crippen LogP contribution in [0.25, 0.3) is 0 Å². The molecule has 5 nitrogen and oxygen atoms in total. The normalized spacial score (nSPS) is 19.4. The lowest BCUT2D eigenvalue weighted by molar-refractivity contribution is 0.0341. The molecule has 0 bridgehead atoms. The molecule has 7 heteroatoms. The van der Waals surface area contributed by atoms with Crippen LogP contribution in [0.5, 0.6) is 0 Å². The topological polar surface area (TPSA) is 53.6 Å². The number of fused-ring (bicyclic) bond motifs is 1. The van der Waals surface area contributed by atoms with Crippen molar-refractivity contribution in [3.05, 3.63) is 65.0 Å². The van der Waals surface area contributed by atoms with E-state index in [1.165, 1.54) is 17.7 Å². The smallest absolute Gasteiger partial charge is 0.315 e. The van der Waals surface area contributed by atoms with Crippen LogP contribution in [0.1, 0.15) is 29.2 Å². The van der Waals surface area contributed by atoms with Crippen LogP contribution < -0.4 is 10.6 Å². The summed E-state index contributed by atoms with van der Waals surface area (Å²) in [5.74, 6) is 0.641. The largest absolute Gasteiger partial charge is 0.379 e. The summed E-state index contributed by atoms with van der Waals surface area (Å²) in [5, 5.41) is 5.99. The van der Waals surface area contributed by atoms with Crippen molar-refractivity contribution in [3.8, 4) is 0 Å². The number of urea groups is 1. The van der Waals surface area contributed by atoms with Gasteiger partial charge in [0.05, 0.1) is 19.3 Å². The highest BCUT2D eigenvalue weighted by atomic mass is 32.2. The van der Waals surface area contributed by atoms with Gasteiger partial charge in [-0.15, -0.1) is 11.8 Å². The Balaban J connectivity index is 1.35. The van der Waals surface area contributed by atoms with Gasteiger partial charge in [-0.3, -0.25) is 4.90 Å². The number of benzene rings is 2. The van der Waals surface area contributed by atoms with Gasteiger partial charge in [0.1, 0.15) is 5.82 Å². The fourth-order valence-electron chi connectivity index (χ4n) is 3.78. The number of hydrogen-bond acceptors (Lipinski definition) is 4. The summed E-state index contributed by atoms with van der Waals surface area (Å²) in [6.07, 6.45) is 0.794. The van der Waals surface area contributed by atoms with Crippen LogP contribution >= 0.6 is 11.8 Å². The Morgan fingerprint density at radius 2 is 1.97 bits per heavy atom. The van der Waals surface area contributed by atoms with Gasteiger partial charge in [0.25, 0.3) is 0 Å². The molecule has 1 fully saturated rings. The van der Waals surface area contributed by atoms with E-state index in [1.807, 2.05) is 12.1 Å². The van der Waals surface area contributed by atoms with Crippen LogP contribution in [-0.4, -0.2) is 43.0 Å². The zero-order chi connectivity index (χ0) is 20.1. The Kier molecular flexibility index (Phi) is 6.69. The number of nitrogens with zero attached hydrogens (tertiary/aromatic N) is 1. The van der Waals surface area contributed by atoms with Crippen LogP contribution in [0.4, 0.5) is 9.18 Å². The van der Waals surface area contributed by atoms with Crippen molar-refractivity contribution in [2.24, 2.45) is 0 Å². The molecule has 29 heavy (non-hydrogen) atoms. The van der Waals surface area contributed by atoms with Crippen molar-refractivity contribution in [1.29, 1.82) is 0 Å². The number of carbonyl (C=O) groups is 1. The first-order valence-corrected chi connectivity index (χ1v) is 11.0. The van der Waals surface area contributed by atoms with Gasteiger partial charge in [-0.25, -0.2) is 9.18 Å². The van der Waals surface area contributed by atoms with E-state index < -0.39 is 0 Å². The molecule has 2 N–H and O–H groups in total. The third-order valence-corrected chi connectivity index (χ3v) is 6.49. The first-order chi connectivity index (χ1) is 14.2. The highest BCUT2D eigenvalue weighted by Crippen LogP contribution is 2.36. The summed E-state index contributed by atoms with van der Waals surface area (Å²) in [6.45, 7) is 4.71. The maximum Gasteiger partial charge on any atom is 0.315 e. The van der Waals surface area contributed by atoms with Crippen LogP contribution in [-0.2, 0) is 17.8 Å². The number of thioether (sulfide) groups is 1. The van der Waals surface area contributed by atoms with Gasteiger partial charge in [-0.1, -0.05) is 24.3 Å². The molecule has 1 saturated heterocycles. The minimum Gasteiger partial charge on any atom is -0.379 e.